The summed E-state index contributed by atoms with van der Waals surface area (Å²) in [6.07, 6.45) is 6.24. The van der Waals surface area contributed by atoms with Gasteiger partial charge in [0.2, 0.25) is 11.8 Å². The molecule has 5 nitrogen and oxygen atoms in total. The number of anilines is 1. The van der Waals surface area contributed by atoms with Gasteiger partial charge in [0.25, 0.3) is 0 Å². The van der Waals surface area contributed by atoms with E-state index in [2.05, 4.69) is 4.98 Å². The molecule has 0 spiro atoms. The number of hydrogen-bond acceptors (Lipinski definition) is 3. The van der Waals surface area contributed by atoms with Crippen molar-refractivity contribution in [2.24, 2.45) is 0 Å². The topological polar surface area (TPSA) is 53.5 Å². The fraction of sp³-hybridized carbons (Fsp3) is 0.250. The van der Waals surface area contributed by atoms with Crippen LogP contribution in [0.25, 0.3) is 6.08 Å². The monoisotopic (exact) mass is 369 g/mol. The van der Waals surface area contributed by atoms with Crippen molar-refractivity contribution in [2.75, 3.05) is 18.5 Å². The molecule has 2 heterocycles. The second-order valence-electron chi connectivity index (χ2n) is 6.18. The molecule has 1 fully saturated rings. The lowest BCUT2D eigenvalue weighted by Gasteiger charge is -2.36. The van der Waals surface area contributed by atoms with Crippen molar-refractivity contribution in [1.29, 1.82) is 0 Å². The van der Waals surface area contributed by atoms with E-state index in [1.807, 2.05) is 30.3 Å². The average molecular weight is 370 g/mol. The number of pyridine rings is 1. The van der Waals surface area contributed by atoms with Crippen molar-refractivity contribution in [3.8, 4) is 0 Å². The maximum absolute atomic E-state index is 12.9. The van der Waals surface area contributed by atoms with E-state index in [4.69, 9.17) is 11.6 Å². The molecule has 1 unspecified atom stereocenters. The molecular formula is C20H20ClN3O2. The minimum atomic E-state index is -0.454. The molecule has 2 amide bonds. The third kappa shape index (κ3) is 4.11. The molecule has 0 aliphatic carbocycles. The number of benzene rings is 1. The molecule has 1 aromatic heterocycles. The minimum Gasteiger partial charge on any atom is -0.330 e. The van der Waals surface area contributed by atoms with Gasteiger partial charge >= 0.3 is 0 Å². The highest BCUT2D eigenvalue weighted by Gasteiger charge is 2.33. The molecule has 1 saturated heterocycles. The van der Waals surface area contributed by atoms with Gasteiger partial charge in [-0.15, -0.1) is 0 Å². The smallest absolute Gasteiger partial charge is 0.249 e. The summed E-state index contributed by atoms with van der Waals surface area (Å²) in [4.78, 5) is 32.6. The van der Waals surface area contributed by atoms with E-state index in [0.29, 0.717) is 18.1 Å². The number of aromatic nitrogens is 1. The van der Waals surface area contributed by atoms with Crippen LogP contribution in [0.3, 0.4) is 0 Å². The Morgan fingerprint density at radius 3 is 2.73 bits per heavy atom. The molecule has 1 aliphatic heterocycles. The van der Waals surface area contributed by atoms with E-state index in [0.717, 1.165) is 17.7 Å². The number of para-hydroxylation sites is 1. The Hall–Kier alpha value is -2.66. The van der Waals surface area contributed by atoms with E-state index in [1.54, 1.807) is 36.4 Å². The van der Waals surface area contributed by atoms with Crippen LogP contribution in [0.15, 0.2) is 54.7 Å². The lowest BCUT2D eigenvalue weighted by Crippen LogP contribution is -2.52. The molecule has 0 bridgehead atoms. The van der Waals surface area contributed by atoms with Crippen molar-refractivity contribution in [3.05, 3.63) is 65.5 Å². The summed E-state index contributed by atoms with van der Waals surface area (Å²) in [6, 6.07) is 12.5. The van der Waals surface area contributed by atoms with E-state index in [9.17, 15) is 9.59 Å². The first-order chi connectivity index (χ1) is 12.6. The zero-order valence-corrected chi connectivity index (χ0v) is 15.3. The Morgan fingerprint density at radius 2 is 2.04 bits per heavy atom. The number of amides is 2. The summed E-state index contributed by atoms with van der Waals surface area (Å²) in [7, 11) is 1.67. The summed E-state index contributed by atoms with van der Waals surface area (Å²) in [5.74, 6) is -0.256. The van der Waals surface area contributed by atoms with Gasteiger partial charge < -0.3 is 9.80 Å². The van der Waals surface area contributed by atoms with Crippen molar-refractivity contribution >= 4 is 35.2 Å². The number of hydrogen-bond donors (Lipinski definition) is 0. The maximum atomic E-state index is 12.9. The third-order valence-corrected chi connectivity index (χ3v) is 4.69. The molecule has 2 aromatic rings. The van der Waals surface area contributed by atoms with Gasteiger partial charge in [-0.05, 0) is 42.7 Å². The first-order valence-electron chi connectivity index (χ1n) is 8.49. The largest absolute Gasteiger partial charge is 0.330 e. The van der Waals surface area contributed by atoms with Crippen LogP contribution in [0, 0.1) is 0 Å². The summed E-state index contributed by atoms with van der Waals surface area (Å²) in [6.45, 7) is 0.674. The number of carbonyl (C=O) groups excluding carboxylic acids is 2. The van der Waals surface area contributed by atoms with Crippen molar-refractivity contribution < 1.29 is 9.59 Å². The number of likely N-dealkylation sites (N-methyl/N-ethyl adjacent to an activating group) is 1. The SMILES string of the molecule is CN(C(=O)/C=C/c1ccc(Cl)nc1)C1CCCN(c2ccccc2)C1=O. The summed E-state index contributed by atoms with van der Waals surface area (Å²) in [5, 5.41) is 0.402. The van der Waals surface area contributed by atoms with Gasteiger partial charge in [0.1, 0.15) is 11.2 Å². The molecule has 1 aliphatic rings. The normalized spacial score (nSPS) is 17.5. The standard InChI is InChI=1S/C20H20ClN3O2/c1-23(19(25)12-10-15-9-11-18(21)22-14-15)17-8-5-13-24(20(17)26)16-6-3-2-4-7-16/h2-4,6-7,9-12,14,17H,5,8,13H2,1H3/b12-10+. The second-order valence-corrected chi connectivity index (χ2v) is 6.57. The van der Waals surface area contributed by atoms with Gasteiger partial charge in [0.05, 0.1) is 0 Å². The average Bonchev–Trinajstić information content (AvgIpc) is 2.67. The van der Waals surface area contributed by atoms with E-state index >= 15 is 0 Å². The summed E-state index contributed by atoms with van der Waals surface area (Å²) in [5.41, 5.74) is 1.64. The lowest BCUT2D eigenvalue weighted by molar-refractivity contribution is -0.135. The van der Waals surface area contributed by atoms with Crippen LogP contribution in [0.5, 0.6) is 0 Å². The molecule has 134 valence electrons. The summed E-state index contributed by atoms with van der Waals surface area (Å²) >= 11 is 5.75. The van der Waals surface area contributed by atoms with Gasteiger partial charge in [0.15, 0.2) is 0 Å². The van der Waals surface area contributed by atoms with Crippen LogP contribution in [-0.2, 0) is 9.59 Å². The zero-order valence-electron chi connectivity index (χ0n) is 14.5. The highest BCUT2D eigenvalue weighted by Crippen LogP contribution is 2.23. The number of carbonyl (C=O) groups is 2. The molecule has 0 saturated carbocycles. The quantitative estimate of drug-likeness (QED) is 0.613. The zero-order chi connectivity index (χ0) is 18.5. The number of nitrogens with zero attached hydrogens (tertiary/aromatic N) is 3. The highest BCUT2D eigenvalue weighted by atomic mass is 35.5. The maximum Gasteiger partial charge on any atom is 0.249 e. The Bertz CT molecular complexity index is 806. The van der Waals surface area contributed by atoms with Crippen LogP contribution < -0.4 is 4.90 Å². The van der Waals surface area contributed by atoms with Crippen molar-refractivity contribution in [3.63, 3.8) is 0 Å². The van der Waals surface area contributed by atoms with Gasteiger partial charge in [-0.1, -0.05) is 35.9 Å². The molecule has 26 heavy (non-hydrogen) atoms. The molecule has 3 rings (SSSR count). The van der Waals surface area contributed by atoms with Crippen molar-refractivity contribution in [1.82, 2.24) is 9.88 Å². The first kappa shape index (κ1) is 18.1. The predicted octanol–water partition coefficient (Wildman–Crippen LogP) is 3.40. The molecule has 0 radical (unpaired) electrons. The van der Waals surface area contributed by atoms with Crippen molar-refractivity contribution in [2.45, 2.75) is 18.9 Å². The van der Waals surface area contributed by atoms with Gasteiger partial charge in [-0.3, -0.25) is 9.59 Å². The molecule has 0 N–H and O–H groups in total. The fourth-order valence-electron chi connectivity index (χ4n) is 3.00. The van der Waals surface area contributed by atoms with Crippen LogP contribution in [0.4, 0.5) is 5.69 Å². The number of rotatable bonds is 4. The molecule has 1 atom stereocenters. The summed E-state index contributed by atoms with van der Waals surface area (Å²) < 4.78 is 0. The first-order valence-corrected chi connectivity index (χ1v) is 8.87. The Labute approximate surface area is 157 Å². The minimum absolute atomic E-state index is 0.0418. The molecule has 1 aromatic carbocycles. The predicted molar refractivity (Wildman–Crippen MR) is 103 cm³/mol. The van der Waals surface area contributed by atoms with Gasteiger partial charge in [0, 0.05) is 31.6 Å². The van der Waals surface area contributed by atoms with E-state index < -0.39 is 6.04 Å². The van der Waals surface area contributed by atoms with E-state index in [1.165, 1.54) is 11.0 Å². The Balaban J connectivity index is 1.69. The Kier molecular flexibility index (Phi) is 5.68. The highest BCUT2D eigenvalue weighted by molar-refractivity contribution is 6.29. The van der Waals surface area contributed by atoms with E-state index in [-0.39, 0.29) is 11.8 Å². The van der Waals surface area contributed by atoms with Crippen LogP contribution >= 0.6 is 11.6 Å². The Morgan fingerprint density at radius 1 is 1.27 bits per heavy atom. The van der Waals surface area contributed by atoms with Crippen LogP contribution in [-0.4, -0.2) is 41.3 Å². The second kappa shape index (κ2) is 8.15. The van der Waals surface area contributed by atoms with Crippen LogP contribution in [0.1, 0.15) is 18.4 Å². The van der Waals surface area contributed by atoms with Gasteiger partial charge in [-0.25, -0.2) is 4.98 Å². The molecular weight excluding hydrogens is 350 g/mol. The number of piperidine rings is 1. The molecule has 6 heteroatoms. The fourth-order valence-corrected chi connectivity index (χ4v) is 3.12. The lowest BCUT2D eigenvalue weighted by atomic mass is 10.0. The van der Waals surface area contributed by atoms with Crippen LogP contribution in [0.2, 0.25) is 5.15 Å². The number of halogens is 1. The van der Waals surface area contributed by atoms with Gasteiger partial charge in [-0.2, -0.15) is 0 Å². The third-order valence-electron chi connectivity index (χ3n) is 4.46.